The first-order chi connectivity index (χ1) is 15.2. The molecule has 1 heteroatoms. The van der Waals surface area contributed by atoms with Gasteiger partial charge in [-0.05, 0) is 62.7 Å². The fourth-order valence-electron chi connectivity index (χ4n) is 4.06. The lowest BCUT2D eigenvalue weighted by atomic mass is 9.96. The van der Waals surface area contributed by atoms with Crippen LogP contribution in [-0.4, -0.2) is 0 Å². The molecule has 0 N–H and O–H groups in total. The molecule has 0 spiro atoms. The van der Waals surface area contributed by atoms with Gasteiger partial charge in [-0.3, -0.25) is 0 Å². The van der Waals surface area contributed by atoms with E-state index in [1.54, 1.807) is 0 Å². The van der Waals surface area contributed by atoms with Gasteiger partial charge in [-0.1, -0.05) is 109 Å². The van der Waals surface area contributed by atoms with Crippen LogP contribution in [0.15, 0.2) is 115 Å². The maximum absolute atomic E-state index is 4.56. The molecule has 0 saturated carbocycles. The van der Waals surface area contributed by atoms with Crippen LogP contribution < -0.4 is 0 Å². The summed E-state index contributed by atoms with van der Waals surface area (Å²) < 4.78 is 0. The second-order valence-electron chi connectivity index (χ2n) is 8.02. The SMILES string of the molecule is CC(S)c1cccc(-c2ccc(-c3ccc(-c4ccc5ccccc5c4)cc3)cc2)c1. The van der Waals surface area contributed by atoms with E-state index >= 15 is 0 Å². The third-order valence-electron chi connectivity index (χ3n) is 5.89. The highest BCUT2D eigenvalue weighted by atomic mass is 32.1. The Balaban J connectivity index is 1.40. The summed E-state index contributed by atoms with van der Waals surface area (Å²) in [6.07, 6.45) is 0. The Labute approximate surface area is 189 Å². The fourth-order valence-corrected chi connectivity index (χ4v) is 4.22. The molecule has 5 rings (SSSR count). The maximum atomic E-state index is 4.56. The molecule has 0 nitrogen and oxygen atoms in total. The van der Waals surface area contributed by atoms with Crippen molar-refractivity contribution in [2.24, 2.45) is 0 Å². The molecule has 0 heterocycles. The molecule has 31 heavy (non-hydrogen) atoms. The second kappa shape index (κ2) is 8.45. The number of thiol groups is 1. The van der Waals surface area contributed by atoms with Gasteiger partial charge in [-0.25, -0.2) is 0 Å². The molecular weight excluding hydrogens is 392 g/mol. The Morgan fingerprint density at radius 2 is 0.935 bits per heavy atom. The van der Waals surface area contributed by atoms with Gasteiger partial charge in [-0.2, -0.15) is 12.6 Å². The molecule has 150 valence electrons. The van der Waals surface area contributed by atoms with Crippen molar-refractivity contribution in [3.05, 3.63) is 121 Å². The summed E-state index contributed by atoms with van der Waals surface area (Å²) in [7, 11) is 0. The molecule has 1 atom stereocenters. The van der Waals surface area contributed by atoms with Crippen molar-refractivity contribution in [3.63, 3.8) is 0 Å². The Kier molecular flexibility index (Phi) is 5.36. The average molecular weight is 417 g/mol. The van der Waals surface area contributed by atoms with Crippen molar-refractivity contribution in [2.75, 3.05) is 0 Å². The minimum atomic E-state index is 0.236. The molecule has 0 radical (unpaired) electrons. The third-order valence-corrected chi connectivity index (χ3v) is 6.19. The van der Waals surface area contributed by atoms with Gasteiger partial charge in [0.2, 0.25) is 0 Å². The van der Waals surface area contributed by atoms with Crippen LogP contribution >= 0.6 is 12.6 Å². The van der Waals surface area contributed by atoms with Gasteiger partial charge < -0.3 is 0 Å². The summed E-state index contributed by atoms with van der Waals surface area (Å²) in [4.78, 5) is 0. The molecule has 0 aliphatic heterocycles. The van der Waals surface area contributed by atoms with Crippen LogP contribution in [0.3, 0.4) is 0 Å². The van der Waals surface area contributed by atoms with E-state index in [0.29, 0.717) is 0 Å². The van der Waals surface area contributed by atoms with E-state index in [4.69, 9.17) is 0 Å². The van der Waals surface area contributed by atoms with Gasteiger partial charge in [0, 0.05) is 5.25 Å². The van der Waals surface area contributed by atoms with Crippen molar-refractivity contribution in [2.45, 2.75) is 12.2 Å². The number of hydrogen-bond acceptors (Lipinski definition) is 1. The smallest absolute Gasteiger partial charge is 0.0239 e. The van der Waals surface area contributed by atoms with E-state index < -0.39 is 0 Å². The number of hydrogen-bond donors (Lipinski definition) is 1. The molecule has 5 aromatic rings. The van der Waals surface area contributed by atoms with E-state index in [1.807, 2.05) is 0 Å². The van der Waals surface area contributed by atoms with Crippen molar-refractivity contribution in [1.82, 2.24) is 0 Å². The van der Waals surface area contributed by atoms with Crippen LogP contribution in [0.4, 0.5) is 0 Å². The highest BCUT2D eigenvalue weighted by Gasteiger charge is 2.05. The first-order valence-corrected chi connectivity index (χ1v) is 11.2. The fraction of sp³-hybridized carbons (Fsp3) is 0.0667. The molecule has 0 aliphatic carbocycles. The van der Waals surface area contributed by atoms with Gasteiger partial charge in [-0.15, -0.1) is 0 Å². The second-order valence-corrected chi connectivity index (χ2v) is 8.79. The third kappa shape index (κ3) is 4.15. The lowest BCUT2D eigenvalue weighted by Crippen LogP contribution is -1.86. The number of rotatable bonds is 4. The van der Waals surface area contributed by atoms with E-state index in [9.17, 15) is 0 Å². The minimum Gasteiger partial charge on any atom is -0.171 e. The van der Waals surface area contributed by atoms with Crippen molar-refractivity contribution < 1.29 is 0 Å². The zero-order valence-corrected chi connectivity index (χ0v) is 18.4. The molecular formula is C30H24S. The average Bonchev–Trinajstić information content (AvgIpc) is 2.84. The Bertz CT molecular complexity index is 1330. The van der Waals surface area contributed by atoms with E-state index in [1.165, 1.54) is 49.7 Å². The van der Waals surface area contributed by atoms with Crippen LogP contribution in [-0.2, 0) is 0 Å². The van der Waals surface area contributed by atoms with E-state index in [-0.39, 0.29) is 5.25 Å². The first kappa shape index (κ1) is 19.7. The van der Waals surface area contributed by atoms with Crippen LogP contribution in [0.5, 0.6) is 0 Å². The van der Waals surface area contributed by atoms with Crippen LogP contribution in [0.2, 0.25) is 0 Å². The lowest BCUT2D eigenvalue weighted by Gasteiger charge is -2.09. The molecule has 0 aromatic heterocycles. The predicted molar refractivity (Wildman–Crippen MR) is 138 cm³/mol. The molecule has 0 bridgehead atoms. The van der Waals surface area contributed by atoms with E-state index in [0.717, 1.165) is 0 Å². The summed E-state index contributed by atoms with van der Waals surface area (Å²) in [5.74, 6) is 0. The highest BCUT2D eigenvalue weighted by Crippen LogP contribution is 2.30. The normalized spacial score (nSPS) is 12.1. The van der Waals surface area contributed by atoms with Crippen molar-refractivity contribution >= 4 is 23.4 Å². The number of benzene rings is 5. The number of fused-ring (bicyclic) bond motifs is 1. The summed E-state index contributed by atoms with van der Waals surface area (Å²) >= 11 is 4.56. The monoisotopic (exact) mass is 416 g/mol. The minimum absolute atomic E-state index is 0.236. The zero-order valence-electron chi connectivity index (χ0n) is 17.5. The van der Waals surface area contributed by atoms with Gasteiger partial charge in [0.25, 0.3) is 0 Å². The molecule has 0 amide bonds. The molecule has 0 saturated heterocycles. The Morgan fingerprint density at radius 1 is 0.452 bits per heavy atom. The summed E-state index contributed by atoms with van der Waals surface area (Å²) in [6.45, 7) is 2.10. The summed E-state index contributed by atoms with van der Waals surface area (Å²) in [5.41, 5.74) is 8.65. The van der Waals surface area contributed by atoms with Gasteiger partial charge in [0.15, 0.2) is 0 Å². The largest absolute Gasteiger partial charge is 0.171 e. The zero-order chi connectivity index (χ0) is 21.2. The standard InChI is InChI=1S/C30H24S/c1-21(31)27-7-4-8-29(19-27)25-13-9-23(10-14-25)24-11-15-26(16-12-24)30-18-17-22-5-2-3-6-28(22)20-30/h2-21,31H,1H3. The topological polar surface area (TPSA) is 0 Å². The molecule has 1 unspecified atom stereocenters. The quantitative estimate of drug-likeness (QED) is 0.278. The lowest BCUT2D eigenvalue weighted by molar-refractivity contribution is 1.11. The van der Waals surface area contributed by atoms with Crippen LogP contribution in [0.1, 0.15) is 17.7 Å². The molecule has 5 aromatic carbocycles. The van der Waals surface area contributed by atoms with Crippen LogP contribution in [0.25, 0.3) is 44.2 Å². The molecule has 0 fully saturated rings. The first-order valence-electron chi connectivity index (χ1n) is 10.7. The molecule has 0 aliphatic rings. The van der Waals surface area contributed by atoms with Crippen molar-refractivity contribution in [3.8, 4) is 33.4 Å². The van der Waals surface area contributed by atoms with Crippen LogP contribution in [0, 0.1) is 0 Å². The summed E-state index contributed by atoms with van der Waals surface area (Å²) in [6, 6.07) is 41.4. The van der Waals surface area contributed by atoms with Gasteiger partial charge in [0.05, 0.1) is 0 Å². The summed E-state index contributed by atoms with van der Waals surface area (Å²) in [5, 5.41) is 2.79. The van der Waals surface area contributed by atoms with Gasteiger partial charge >= 0.3 is 0 Å². The maximum Gasteiger partial charge on any atom is 0.0239 e. The van der Waals surface area contributed by atoms with Crippen molar-refractivity contribution in [1.29, 1.82) is 0 Å². The van der Waals surface area contributed by atoms with E-state index in [2.05, 4.69) is 135 Å². The van der Waals surface area contributed by atoms with Gasteiger partial charge in [0.1, 0.15) is 0 Å². The Morgan fingerprint density at radius 3 is 1.52 bits per heavy atom. The Hall–Kier alpha value is -3.29. The predicted octanol–water partition coefficient (Wildman–Crippen LogP) is 8.83. The highest BCUT2D eigenvalue weighted by molar-refractivity contribution is 7.80.